The van der Waals surface area contributed by atoms with Crippen molar-refractivity contribution in [2.45, 2.75) is 170 Å². The molecule has 1 saturated heterocycles. The van der Waals surface area contributed by atoms with E-state index in [4.69, 9.17) is 50.7 Å². The van der Waals surface area contributed by atoms with Crippen LogP contribution in [-0.2, 0) is 37.9 Å². The maximum Gasteiger partial charge on any atom is 0.158 e. The lowest BCUT2D eigenvalue weighted by molar-refractivity contribution is -0.210. The molecule has 0 bridgehead atoms. The third-order valence-electron chi connectivity index (χ3n) is 5.12. The third kappa shape index (κ3) is 47.5. The van der Waals surface area contributed by atoms with Crippen molar-refractivity contribution in [3.05, 3.63) is 0 Å². The third-order valence-corrected chi connectivity index (χ3v) is 6.83. The summed E-state index contributed by atoms with van der Waals surface area (Å²) in [5, 5.41) is 0. The van der Waals surface area contributed by atoms with Crippen molar-refractivity contribution in [3.63, 3.8) is 0 Å². The summed E-state index contributed by atoms with van der Waals surface area (Å²) in [6.07, 6.45) is 13.8. The van der Waals surface area contributed by atoms with Gasteiger partial charge in [-0.25, -0.2) is 0 Å². The minimum absolute atomic E-state index is 0.0451. The first kappa shape index (κ1) is 48.4. The number of ether oxygens (including phenoxy) is 8. The quantitative estimate of drug-likeness (QED) is 0.0841. The van der Waals surface area contributed by atoms with Crippen LogP contribution in [-0.4, -0.2) is 83.1 Å². The Labute approximate surface area is 280 Å². The lowest BCUT2D eigenvalue weighted by Gasteiger charge is -2.29. The van der Waals surface area contributed by atoms with Gasteiger partial charge in [-0.05, 0) is 115 Å². The molecule has 0 radical (unpaired) electrons. The van der Waals surface area contributed by atoms with E-state index >= 15 is 0 Å². The zero-order chi connectivity index (χ0) is 35.8. The fourth-order valence-electron chi connectivity index (χ4n) is 2.53. The lowest BCUT2D eigenvalue weighted by atomic mass is 10.1. The smallest absolute Gasteiger partial charge is 0.158 e. The van der Waals surface area contributed by atoms with Crippen LogP contribution in [0.1, 0.15) is 109 Å². The molecule has 45 heavy (non-hydrogen) atoms. The van der Waals surface area contributed by atoms with Crippen molar-refractivity contribution in [2.75, 3.05) is 40.2 Å². The molecule has 268 valence electrons. The van der Waals surface area contributed by atoms with Crippen LogP contribution >= 0.6 is 0 Å². The van der Waals surface area contributed by atoms with Gasteiger partial charge in [0.2, 0.25) is 0 Å². The van der Waals surface area contributed by atoms with E-state index in [9.17, 15) is 0 Å². The lowest BCUT2D eigenvalue weighted by Crippen LogP contribution is -2.31. The van der Waals surface area contributed by atoms with E-state index in [2.05, 4.69) is 52.3 Å². The van der Waals surface area contributed by atoms with Crippen molar-refractivity contribution in [3.8, 4) is 24.7 Å². The zero-order valence-corrected chi connectivity index (χ0v) is 33.1. The first-order chi connectivity index (χ1) is 20.3. The Balaban J connectivity index is -0.000000525. The van der Waals surface area contributed by atoms with Gasteiger partial charge in [-0.3, -0.25) is 0 Å². The van der Waals surface area contributed by atoms with E-state index in [1.54, 1.807) is 0 Å². The molecule has 8 nitrogen and oxygen atoms in total. The molecule has 0 amide bonds. The van der Waals surface area contributed by atoms with Gasteiger partial charge in [0.25, 0.3) is 0 Å². The molecule has 1 unspecified atom stereocenters. The minimum atomic E-state index is -0.934. The Morgan fingerprint density at radius 3 is 1.67 bits per heavy atom. The van der Waals surface area contributed by atoms with Crippen LogP contribution in [0.15, 0.2) is 0 Å². The molecule has 1 heterocycles. The van der Waals surface area contributed by atoms with Crippen LogP contribution in [0, 0.1) is 24.7 Å². The van der Waals surface area contributed by atoms with Crippen molar-refractivity contribution in [1.29, 1.82) is 0 Å². The van der Waals surface area contributed by atoms with E-state index in [1.165, 1.54) is 18.9 Å². The summed E-state index contributed by atoms with van der Waals surface area (Å²) in [6.45, 7) is 35.8. The molecule has 1 fully saturated rings. The highest BCUT2D eigenvalue weighted by Crippen LogP contribution is 2.19. The van der Waals surface area contributed by atoms with Crippen LogP contribution in [0.3, 0.4) is 0 Å². The molecule has 0 aromatic rings. The SMILES string of the molecule is C#CC(C)(C)OCOC(C)C.C#CCOCOC(C)(C)C.CC(C)(C)OC1CCCCO1.CC(C)(C)OCOCC[Si](C)(C)C. The predicted molar refractivity (Wildman–Crippen MR) is 190 cm³/mol. The molecular weight excluding hydrogens is 588 g/mol. The highest BCUT2D eigenvalue weighted by molar-refractivity contribution is 6.76. The fraction of sp³-hybridized carbons (Fsp3) is 0.889. The second kappa shape index (κ2) is 25.1. The zero-order valence-electron chi connectivity index (χ0n) is 32.1. The van der Waals surface area contributed by atoms with E-state index in [-0.39, 0.29) is 42.8 Å². The monoisotopic (exact) mass is 660 g/mol. The normalized spacial score (nSPS) is 15.8. The van der Waals surface area contributed by atoms with Crippen LogP contribution in [0.5, 0.6) is 0 Å². The highest BCUT2D eigenvalue weighted by Gasteiger charge is 2.21. The maximum atomic E-state index is 5.66. The van der Waals surface area contributed by atoms with Gasteiger partial charge in [0.1, 0.15) is 32.6 Å². The van der Waals surface area contributed by atoms with Crippen LogP contribution in [0.2, 0.25) is 25.7 Å². The van der Waals surface area contributed by atoms with Gasteiger partial charge >= 0.3 is 0 Å². The first-order valence-corrected chi connectivity index (χ1v) is 19.9. The van der Waals surface area contributed by atoms with Gasteiger partial charge in [0.05, 0.1) is 22.9 Å². The largest absolute Gasteiger partial charge is 0.356 e. The van der Waals surface area contributed by atoms with E-state index in [0.29, 0.717) is 13.4 Å². The molecule has 1 rings (SSSR count). The maximum absolute atomic E-state index is 5.66. The number of hydrogen-bond acceptors (Lipinski definition) is 8. The summed E-state index contributed by atoms with van der Waals surface area (Å²) in [5.74, 6) is 4.86. The molecule has 9 heteroatoms. The molecule has 0 saturated carbocycles. The molecule has 0 aromatic heterocycles. The topological polar surface area (TPSA) is 73.8 Å². The van der Waals surface area contributed by atoms with Gasteiger partial charge in [0, 0.05) is 21.3 Å². The Kier molecular flexibility index (Phi) is 27.0. The Bertz CT molecular complexity index is 750. The molecular formula is C36H72O8Si. The Morgan fingerprint density at radius 1 is 0.756 bits per heavy atom. The molecule has 0 N–H and O–H groups in total. The summed E-state index contributed by atoms with van der Waals surface area (Å²) in [5.41, 5.74) is -0.815. The van der Waals surface area contributed by atoms with E-state index < -0.39 is 13.7 Å². The number of terminal acetylenes is 2. The minimum Gasteiger partial charge on any atom is -0.356 e. The summed E-state index contributed by atoms with van der Waals surface area (Å²) in [4.78, 5) is 0. The molecule has 0 spiro atoms. The Hall–Kier alpha value is -0.983. The van der Waals surface area contributed by atoms with Crippen LogP contribution < -0.4 is 0 Å². The first-order valence-electron chi connectivity index (χ1n) is 16.2. The standard InChI is InChI=1S/C10H24O2Si.C9H18O2.C9H16O2.C8H14O2/c1-10(2,3)12-9-11-7-8-13(4,5)6;1-9(2,3)11-8-6-4-5-7-10-8;1-6-9(4,5)11-7-10-8(2)3;1-5-6-9-7-10-8(2,3)4/h7-9H2,1-6H3;8H,4-7H2,1-3H3;1,8H,7H2,2-5H3;1H,6-7H2,2-4H3. The van der Waals surface area contributed by atoms with Crippen LogP contribution in [0.25, 0.3) is 0 Å². The predicted octanol–water partition coefficient (Wildman–Crippen LogP) is 8.65. The second-order valence-electron chi connectivity index (χ2n) is 15.7. The summed E-state index contributed by atoms with van der Waals surface area (Å²) in [7, 11) is -0.934. The molecule has 1 aliphatic heterocycles. The summed E-state index contributed by atoms with van der Waals surface area (Å²) in [6, 6.07) is 1.21. The number of hydrogen-bond donors (Lipinski definition) is 0. The average molecular weight is 661 g/mol. The van der Waals surface area contributed by atoms with Crippen LogP contribution in [0.4, 0.5) is 0 Å². The van der Waals surface area contributed by atoms with Crippen molar-refractivity contribution >= 4 is 8.07 Å². The molecule has 0 aliphatic carbocycles. The van der Waals surface area contributed by atoms with Crippen molar-refractivity contribution in [1.82, 2.24) is 0 Å². The van der Waals surface area contributed by atoms with Gasteiger partial charge in [-0.2, -0.15) is 0 Å². The van der Waals surface area contributed by atoms with Crippen molar-refractivity contribution < 1.29 is 37.9 Å². The van der Waals surface area contributed by atoms with Gasteiger partial charge in [-0.15, -0.1) is 12.8 Å². The van der Waals surface area contributed by atoms with Gasteiger partial charge in [0.15, 0.2) is 6.29 Å². The second-order valence-corrected chi connectivity index (χ2v) is 21.3. The highest BCUT2D eigenvalue weighted by atomic mass is 28.3. The average Bonchev–Trinajstić information content (AvgIpc) is 2.85. The number of rotatable bonds is 13. The summed E-state index contributed by atoms with van der Waals surface area (Å²) < 4.78 is 42.4. The molecule has 0 aromatic carbocycles. The molecule has 1 atom stereocenters. The van der Waals surface area contributed by atoms with E-state index in [1.807, 2.05) is 69.2 Å². The van der Waals surface area contributed by atoms with Crippen molar-refractivity contribution in [2.24, 2.45) is 0 Å². The Morgan fingerprint density at radius 2 is 1.29 bits per heavy atom. The van der Waals surface area contributed by atoms with Gasteiger partial charge < -0.3 is 37.9 Å². The molecule has 1 aliphatic rings. The van der Waals surface area contributed by atoms with E-state index in [0.717, 1.165) is 19.6 Å². The van der Waals surface area contributed by atoms with Gasteiger partial charge in [-0.1, -0.05) is 31.5 Å². The fourth-order valence-corrected chi connectivity index (χ4v) is 3.29. The summed E-state index contributed by atoms with van der Waals surface area (Å²) >= 11 is 0.